The zero-order valence-electron chi connectivity index (χ0n) is 17.7. The van der Waals surface area contributed by atoms with Gasteiger partial charge in [0, 0.05) is 30.3 Å². The average Bonchev–Trinajstić information content (AvgIpc) is 3.50. The molecule has 0 N–H and O–H groups in total. The van der Waals surface area contributed by atoms with E-state index in [-0.39, 0.29) is 18.0 Å². The van der Waals surface area contributed by atoms with E-state index in [1.807, 2.05) is 49.0 Å². The van der Waals surface area contributed by atoms with Crippen molar-refractivity contribution in [3.05, 3.63) is 53.3 Å². The number of nitrogens with zero attached hydrogens (tertiary/aromatic N) is 4. The monoisotopic (exact) mass is 392 g/mol. The van der Waals surface area contributed by atoms with E-state index in [1.165, 1.54) is 0 Å². The van der Waals surface area contributed by atoms with Gasteiger partial charge in [-0.1, -0.05) is 18.2 Å². The van der Waals surface area contributed by atoms with Gasteiger partial charge in [-0.25, -0.2) is 9.67 Å². The Kier molecular flexibility index (Phi) is 5.03. The standard InChI is InChI=1S/C23H28N4O2/c1-14(2)27-22-19(13-24-27)18(12-20(25-22)16-10-11-16)23(28)26(4)15(3)17-8-6-7-9-21(17)29-5/h6-9,12-16H,10-11H2,1-5H3. The predicted octanol–water partition coefficient (Wildman–Crippen LogP) is 4.73. The summed E-state index contributed by atoms with van der Waals surface area (Å²) >= 11 is 0. The number of methoxy groups -OCH3 is 1. The van der Waals surface area contributed by atoms with Gasteiger partial charge in [-0.3, -0.25) is 4.79 Å². The second kappa shape index (κ2) is 7.50. The molecule has 1 aromatic carbocycles. The van der Waals surface area contributed by atoms with Crippen molar-refractivity contribution in [1.82, 2.24) is 19.7 Å². The summed E-state index contributed by atoms with van der Waals surface area (Å²) in [4.78, 5) is 20.2. The Balaban J connectivity index is 1.76. The van der Waals surface area contributed by atoms with Crippen LogP contribution in [0, 0.1) is 0 Å². The van der Waals surface area contributed by atoms with Gasteiger partial charge >= 0.3 is 0 Å². The van der Waals surface area contributed by atoms with Crippen molar-refractivity contribution < 1.29 is 9.53 Å². The number of pyridine rings is 1. The Morgan fingerprint density at radius 2 is 1.97 bits per heavy atom. The van der Waals surface area contributed by atoms with Crippen LogP contribution in [-0.4, -0.2) is 39.7 Å². The van der Waals surface area contributed by atoms with Gasteiger partial charge in [-0.15, -0.1) is 0 Å². The van der Waals surface area contributed by atoms with E-state index in [0.29, 0.717) is 11.5 Å². The first-order chi connectivity index (χ1) is 13.9. The molecule has 0 aliphatic heterocycles. The highest BCUT2D eigenvalue weighted by Gasteiger charge is 2.30. The maximum Gasteiger partial charge on any atom is 0.254 e. The molecule has 29 heavy (non-hydrogen) atoms. The Morgan fingerprint density at radius 3 is 2.62 bits per heavy atom. The third-order valence-corrected chi connectivity index (χ3v) is 5.79. The number of aromatic nitrogens is 3. The van der Waals surface area contributed by atoms with E-state index < -0.39 is 0 Å². The lowest BCUT2D eigenvalue weighted by Gasteiger charge is -2.27. The molecule has 1 unspecified atom stereocenters. The minimum absolute atomic E-state index is 0.0268. The van der Waals surface area contributed by atoms with Crippen LogP contribution in [0.4, 0.5) is 0 Å². The Morgan fingerprint density at radius 1 is 1.24 bits per heavy atom. The van der Waals surface area contributed by atoms with Gasteiger partial charge in [0.1, 0.15) is 5.75 Å². The number of para-hydroxylation sites is 1. The highest BCUT2D eigenvalue weighted by molar-refractivity contribution is 6.05. The summed E-state index contributed by atoms with van der Waals surface area (Å²) in [6.07, 6.45) is 4.04. The molecule has 4 rings (SSSR count). The van der Waals surface area contributed by atoms with Gasteiger partial charge in [-0.05, 0) is 45.7 Å². The fourth-order valence-corrected chi connectivity index (χ4v) is 3.77. The first-order valence-electron chi connectivity index (χ1n) is 10.2. The fraction of sp³-hybridized carbons (Fsp3) is 0.435. The van der Waals surface area contributed by atoms with Crippen LogP contribution < -0.4 is 4.74 Å². The third kappa shape index (κ3) is 3.48. The summed E-state index contributed by atoms with van der Waals surface area (Å²) in [5, 5.41) is 5.32. The SMILES string of the molecule is COc1ccccc1C(C)N(C)C(=O)c1cc(C2CC2)nc2c1cnn2C(C)C. The first kappa shape index (κ1) is 19.4. The van der Waals surface area contributed by atoms with E-state index in [0.717, 1.165) is 40.9 Å². The van der Waals surface area contributed by atoms with Gasteiger partial charge < -0.3 is 9.64 Å². The van der Waals surface area contributed by atoms with Crippen LogP contribution in [-0.2, 0) is 0 Å². The molecule has 2 heterocycles. The molecular weight excluding hydrogens is 364 g/mol. The van der Waals surface area contributed by atoms with E-state index in [9.17, 15) is 4.79 Å². The molecule has 0 bridgehead atoms. The zero-order valence-corrected chi connectivity index (χ0v) is 17.7. The molecule has 1 amide bonds. The van der Waals surface area contributed by atoms with Crippen LogP contribution in [0.2, 0.25) is 0 Å². The lowest BCUT2D eigenvalue weighted by Crippen LogP contribution is -2.30. The lowest BCUT2D eigenvalue weighted by atomic mass is 10.0. The minimum atomic E-state index is -0.133. The maximum absolute atomic E-state index is 13.6. The van der Waals surface area contributed by atoms with Gasteiger partial charge in [0.2, 0.25) is 0 Å². The number of hydrogen-bond acceptors (Lipinski definition) is 4. The number of ether oxygens (including phenoxy) is 1. The van der Waals surface area contributed by atoms with E-state index in [2.05, 4.69) is 18.9 Å². The largest absolute Gasteiger partial charge is 0.496 e. The predicted molar refractivity (Wildman–Crippen MR) is 113 cm³/mol. The quantitative estimate of drug-likeness (QED) is 0.608. The number of hydrogen-bond donors (Lipinski definition) is 0. The van der Waals surface area contributed by atoms with Crippen LogP contribution in [0.1, 0.15) is 73.2 Å². The van der Waals surface area contributed by atoms with Crippen molar-refractivity contribution >= 4 is 16.9 Å². The molecule has 0 saturated heterocycles. The van der Waals surface area contributed by atoms with Crippen LogP contribution >= 0.6 is 0 Å². The summed E-state index contributed by atoms with van der Waals surface area (Å²) in [7, 11) is 3.50. The van der Waals surface area contributed by atoms with Gasteiger partial charge in [-0.2, -0.15) is 5.10 Å². The summed E-state index contributed by atoms with van der Waals surface area (Å²) in [5.74, 6) is 1.21. The van der Waals surface area contributed by atoms with Crippen LogP contribution in [0.25, 0.3) is 11.0 Å². The van der Waals surface area contributed by atoms with Gasteiger partial charge in [0.05, 0.1) is 30.3 Å². The molecule has 3 aromatic rings. The van der Waals surface area contributed by atoms with Crippen LogP contribution in [0.15, 0.2) is 36.5 Å². The Bertz CT molecular complexity index is 1050. The molecule has 1 atom stereocenters. The van der Waals surface area contributed by atoms with Crippen molar-refractivity contribution in [2.24, 2.45) is 0 Å². The molecule has 1 fully saturated rings. The average molecular weight is 393 g/mol. The van der Waals surface area contributed by atoms with Crippen LogP contribution in [0.5, 0.6) is 5.75 Å². The number of rotatable bonds is 6. The van der Waals surface area contributed by atoms with Crippen LogP contribution in [0.3, 0.4) is 0 Å². The van der Waals surface area contributed by atoms with Gasteiger partial charge in [0.15, 0.2) is 5.65 Å². The first-order valence-corrected chi connectivity index (χ1v) is 10.2. The molecule has 1 aliphatic rings. The topological polar surface area (TPSA) is 60.2 Å². The molecule has 0 radical (unpaired) electrons. The maximum atomic E-state index is 13.6. The molecular formula is C23H28N4O2. The molecule has 6 heteroatoms. The van der Waals surface area contributed by atoms with E-state index >= 15 is 0 Å². The Labute approximate surface area is 171 Å². The van der Waals surface area contributed by atoms with Crippen molar-refractivity contribution in [3.63, 3.8) is 0 Å². The molecule has 2 aromatic heterocycles. The molecule has 1 saturated carbocycles. The number of carbonyl (C=O) groups excluding carboxylic acids is 1. The third-order valence-electron chi connectivity index (χ3n) is 5.79. The van der Waals surface area contributed by atoms with E-state index in [1.54, 1.807) is 18.2 Å². The second-order valence-electron chi connectivity index (χ2n) is 8.12. The highest BCUT2D eigenvalue weighted by atomic mass is 16.5. The Hall–Kier alpha value is -2.89. The molecule has 1 aliphatic carbocycles. The zero-order chi connectivity index (χ0) is 20.7. The second-order valence-corrected chi connectivity index (χ2v) is 8.12. The minimum Gasteiger partial charge on any atom is -0.496 e. The summed E-state index contributed by atoms with van der Waals surface area (Å²) in [6, 6.07) is 9.85. The normalized spacial score (nSPS) is 15.0. The summed E-state index contributed by atoms with van der Waals surface area (Å²) in [5.41, 5.74) is 3.46. The van der Waals surface area contributed by atoms with Crippen molar-refractivity contribution in [2.75, 3.05) is 14.2 Å². The van der Waals surface area contributed by atoms with Gasteiger partial charge in [0.25, 0.3) is 5.91 Å². The van der Waals surface area contributed by atoms with Crippen molar-refractivity contribution in [3.8, 4) is 5.75 Å². The number of fused-ring (bicyclic) bond motifs is 1. The van der Waals surface area contributed by atoms with Crippen molar-refractivity contribution in [2.45, 2.75) is 51.6 Å². The number of benzene rings is 1. The van der Waals surface area contributed by atoms with E-state index in [4.69, 9.17) is 9.72 Å². The highest BCUT2D eigenvalue weighted by Crippen LogP contribution is 2.40. The van der Waals surface area contributed by atoms with Crippen molar-refractivity contribution in [1.29, 1.82) is 0 Å². The summed E-state index contributed by atoms with van der Waals surface area (Å²) < 4.78 is 7.40. The fourth-order valence-electron chi connectivity index (χ4n) is 3.77. The lowest BCUT2D eigenvalue weighted by molar-refractivity contribution is 0.0743. The summed E-state index contributed by atoms with van der Waals surface area (Å²) in [6.45, 7) is 6.18. The molecule has 6 nitrogen and oxygen atoms in total. The molecule has 0 spiro atoms. The number of amides is 1. The smallest absolute Gasteiger partial charge is 0.254 e. The number of carbonyl (C=O) groups is 1. The molecule has 152 valence electrons.